The zero-order valence-corrected chi connectivity index (χ0v) is 11.0. The summed E-state index contributed by atoms with van der Waals surface area (Å²) >= 11 is 0. The second-order valence-corrected chi connectivity index (χ2v) is 5.03. The van der Waals surface area contributed by atoms with E-state index in [4.69, 9.17) is 0 Å². The van der Waals surface area contributed by atoms with Gasteiger partial charge in [-0.3, -0.25) is 4.98 Å². The van der Waals surface area contributed by atoms with Gasteiger partial charge in [0, 0.05) is 24.7 Å². The van der Waals surface area contributed by atoms with Gasteiger partial charge in [-0.2, -0.15) is 0 Å². The Labute approximate surface area is 115 Å². The van der Waals surface area contributed by atoms with Gasteiger partial charge in [0.2, 0.25) is 0 Å². The number of pyridine rings is 1. The number of hydrogen-bond acceptors (Lipinski definition) is 3. The molecule has 0 bridgehead atoms. The lowest BCUT2D eigenvalue weighted by Crippen LogP contribution is -2.31. The van der Waals surface area contributed by atoms with Crippen LogP contribution in [0.5, 0.6) is 0 Å². The van der Waals surface area contributed by atoms with E-state index in [0.717, 1.165) is 32.4 Å². The van der Waals surface area contributed by atoms with E-state index in [0.29, 0.717) is 16.6 Å². The van der Waals surface area contributed by atoms with E-state index in [9.17, 15) is 14.3 Å². The smallest absolute Gasteiger partial charge is 0.339 e. The Kier molecular flexibility index (Phi) is 3.26. The van der Waals surface area contributed by atoms with E-state index in [1.165, 1.54) is 18.3 Å². The van der Waals surface area contributed by atoms with E-state index >= 15 is 0 Å². The molecule has 1 aromatic carbocycles. The van der Waals surface area contributed by atoms with Crippen molar-refractivity contribution in [3.8, 4) is 0 Å². The van der Waals surface area contributed by atoms with Gasteiger partial charge in [-0.25, -0.2) is 9.18 Å². The molecular weight excluding hydrogens is 259 g/mol. The van der Waals surface area contributed by atoms with Crippen molar-refractivity contribution in [1.29, 1.82) is 0 Å². The molecule has 1 aliphatic heterocycles. The normalized spacial score (nSPS) is 15.6. The van der Waals surface area contributed by atoms with Crippen LogP contribution in [0.4, 0.5) is 10.1 Å². The van der Waals surface area contributed by atoms with Gasteiger partial charge in [0.15, 0.2) is 0 Å². The van der Waals surface area contributed by atoms with Gasteiger partial charge < -0.3 is 10.0 Å². The summed E-state index contributed by atoms with van der Waals surface area (Å²) in [6.45, 7) is 1.60. The molecule has 0 unspecified atom stereocenters. The number of aromatic nitrogens is 1. The quantitative estimate of drug-likeness (QED) is 0.914. The SMILES string of the molecule is O=C(O)c1cnc2ccc(F)cc2c1N1CCCCC1. The topological polar surface area (TPSA) is 53.4 Å². The zero-order valence-electron chi connectivity index (χ0n) is 11.0. The molecule has 3 rings (SSSR count). The Balaban J connectivity index is 2.25. The molecule has 2 heterocycles. The van der Waals surface area contributed by atoms with Crippen molar-refractivity contribution < 1.29 is 14.3 Å². The molecule has 104 valence electrons. The first-order valence-electron chi connectivity index (χ1n) is 6.73. The van der Waals surface area contributed by atoms with Crippen LogP contribution in [0.2, 0.25) is 0 Å². The number of fused-ring (bicyclic) bond motifs is 1. The van der Waals surface area contributed by atoms with Crippen molar-refractivity contribution in [1.82, 2.24) is 4.98 Å². The largest absolute Gasteiger partial charge is 0.478 e. The van der Waals surface area contributed by atoms with Gasteiger partial charge in [0.05, 0.1) is 11.2 Å². The van der Waals surface area contributed by atoms with E-state index in [-0.39, 0.29) is 11.4 Å². The predicted octanol–water partition coefficient (Wildman–Crippen LogP) is 3.06. The summed E-state index contributed by atoms with van der Waals surface area (Å²) in [6, 6.07) is 4.30. The summed E-state index contributed by atoms with van der Waals surface area (Å²) in [5, 5.41) is 9.94. The number of nitrogens with zero attached hydrogens (tertiary/aromatic N) is 2. The van der Waals surface area contributed by atoms with Crippen LogP contribution < -0.4 is 4.90 Å². The molecule has 20 heavy (non-hydrogen) atoms. The van der Waals surface area contributed by atoms with Crippen molar-refractivity contribution >= 4 is 22.6 Å². The first-order chi connectivity index (χ1) is 9.66. The fourth-order valence-electron chi connectivity index (χ4n) is 2.77. The van der Waals surface area contributed by atoms with Crippen molar-refractivity contribution in [2.24, 2.45) is 0 Å². The maximum atomic E-state index is 13.5. The highest BCUT2D eigenvalue weighted by Gasteiger charge is 2.21. The molecule has 0 amide bonds. The lowest BCUT2D eigenvalue weighted by Gasteiger charge is -2.30. The summed E-state index contributed by atoms with van der Waals surface area (Å²) in [5.74, 6) is -1.40. The molecule has 4 nitrogen and oxygen atoms in total. The minimum atomic E-state index is -1.02. The van der Waals surface area contributed by atoms with E-state index in [1.807, 2.05) is 4.90 Å². The monoisotopic (exact) mass is 274 g/mol. The average molecular weight is 274 g/mol. The molecule has 0 atom stereocenters. The molecule has 1 aromatic heterocycles. The summed E-state index contributed by atoms with van der Waals surface area (Å²) in [4.78, 5) is 17.6. The number of rotatable bonds is 2. The second kappa shape index (κ2) is 5.07. The van der Waals surface area contributed by atoms with Crippen molar-refractivity contribution in [2.75, 3.05) is 18.0 Å². The molecule has 5 heteroatoms. The Hall–Kier alpha value is -2.17. The third-order valence-electron chi connectivity index (χ3n) is 3.70. The van der Waals surface area contributed by atoms with Gasteiger partial charge in [-0.05, 0) is 37.5 Å². The minimum absolute atomic E-state index is 0.144. The Bertz CT molecular complexity index is 666. The number of anilines is 1. The van der Waals surface area contributed by atoms with Gasteiger partial charge in [0.25, 0.3) is 0 Å². The maximum absolute atomic E-state index is 13.5. The third kappa shape index (κ3) is 2.19. The zero-order chi connectivity index (χ0) is 14.1. The number of carbonyl (C=O) groups is 1. The number of halogens is 1. The van der Waals surface area contributed by atoms with Crippen LogP contribution in [0.15, 0.2) is 24.4 Å². The molecule has 1 fully saturated rings. The van der Waals surface area contributed by atoms with Crippen LogP contribution >= 0.6 is 0 Å². The number of benzene rings is 1. The highest BCUT2D eigenvalue weighted by atomic mass is 19.1. The van der Waals surface area contributed by atoms with E-state index in [2.05, 4.69) is 4.98 Å². The lowest BCUT2D eigenvalue weighted by molar-refractivity contribution is 0.0697. The molecule has 0 spiro atoms. The lowest BCUT2D eigenvalue weighted by atomic mass is 10.0. The van der Waals surface area contributed by atoms with Crippen LogP contribution in [-0.4, -0.2) is 29.1 Å². The van der Waals surface area contributed by atoms with E-state index < -0.39 is 5.97 Å². The summed E-state index contributed by atoms with van der Waals surface area (Å²) in [6.07, 6.45) is 4.57. The maximum Gasteiger partial charge on any atom is 0.339 e. The Morgan fingerprint density at radius 1 is 1.25 bits per heavy atom. The first-order valence-corrected chi connectivity index (χ1v) is 6.73. The molecule has 1 N–H and O–H groups in total. The average Bonchev–Trinajstić information content (AvgIpc) is 2.46. The van der Waals surface area contributed by atoms with Crippen molar-refractivity contribution in [2.45, 2.75) is 19.3 Å². The number of carboxylic acid groups (broad SMARTS) is 1. The predicted molar refractivity (Wildman–Crippen MR) is 74.7 cm³/mol. The van der Waals surface area contributed by atoms with Crippen LogP contribution in [0.3, 0.4) is 0 Å². The highest BCUT2D eigenvalue weighted by molar-refractivity contribution is 6.04. The summed E-state index contributed by atoms with van der Waals surface area (Å²) in [5.41, 5.74) is 1.36. The third-order valence-corrected chi connectivity index (χ3v) is 3.70. The fraction of sp³-hybridized carbons (Fsp3) is 0.333. The number of aromatic carboxylic acids is 1. The Morgan fingerprint density at radius 3 is 2.70 bits per heavy atom. The van der Waals surface area contributed by atoms with Crippen LogP contribution in [0.1, 0.15) is 29.6 Å². The summed E-state index contributed by atoms with van der Waals surface area (Å²) in [7, 11) is 0. The van der Waals surface area contributed by atoms with Gasteiger partial charge in [-0.15, -0.1) is 0 Å². The molecule has 1 aliphatic rings. The molecular formula is C15H15FN2O2. The minimum Gasteiger partial charge on any atom is -0.478 e. The molecule has 0 radical (unpaired) electrons. The van der Waals surface area contributed by atoms with Crippen LogP contribution in [-0.2, 0) is 0 Å². The highest BCUT2D eigenvalue weighted by Crippen LogP contribution is 2.32. The number of piperidine rings is 1. The Morgan fingerprint density at radius 2 is 2.00 bits per heavy atom. The van der Waals surface area contributed by atoms with Gasteiger partial charge in [-0.1, -0.05) is 0 Å². The summed E-state index contributed by atoms with van der Waals surface area (Å²) < 4.78 is 13.5. The standard InChI is InChI=1S/C15H15FN2O2/c16-10-4-5-13-11(8-10)14(12(9-17-13)15(19)20)18-6-2-1-3-7-18/h4-5,8-9H,1-3,6-7H2,(H,19,20). The molecule has 1 saturated heterocycles. The molecule has 0 aliphatic carbocycles. The first kappa shape index (κ1) is 12.8. The number of carboxylic acids is 1. The molecule has 2 aromatic rings. The van der Waals surface area contributed by atoms with Crippen molar-refractivity contribution in [3.05, 3.63) is 35.8 Å². The fourth-order valence-corrected chi connectivity index (χ4v) is 2.77. The van der Waals surface area contributed by atoms with Crippen molar-refractivity contribution in [3.63, 3.8) is 0 Å². The molecule has 0 saturated carbocycles. The second-order valence-electron chi connectivity index (χ2n) is 5.03. The number of hydrogen-bond donors (Lipinski definition) is 1. The van der Waals surface area contributed by atoms with E-state index in [1.54, 1.807) is 6.07 Å². The van der Waals surface area contributed by atoms with Crippen LogP contribution in [0, 0.1) is 5.82 Å². The van der Waals surface area contributed by atoms with Crippen LogP contribution in [0.25, 0.3) is 10.9 Å². The van der Waals surface area contributed by atoms with Gasteiger partial charge >= 0.3 is 5.97 Å². The van der Waals surface area contributed by atoms with Gasteiger partial charge in [0.1, 0.15) is 11.4 Å².